The molecule has 0 radical (unpaired) electrons. The molecular weight excluding hydrogens is 491 g/mol. The molecule has 3 heterocycles. The minimum atomic E-state index is -4.60. The smallest absolute Gasteiger partial charge is 0.416 e. The fourth-order valence-corrected chi connectivity index (χ4v) is 4.95. The highest BCUT2D eigenvalue weighted by molar-refractivity contribution is 7.09. The Kier molecular flexibility index (Phi) is 7.75. The molecule has 0 saturated carbocycles. The molecule has 3 aromatic rings. The number of furan rings is 1. The van der Waals surface area contributed by atoms with E-state index < -0.39 is 17.6 Å². The van der Waals surface area contributed by atoms with Crippen LogP contribution in [0.25, 0.3) is 0 Å². The van der Waals surface area contributed by atoms with Gasteiger partial charge >= 0.3 is 6.18 Å². The number of alkyl halides is 3. The molecule has 0 aliphatic carbocycles. The molecule has 6 nitrogen and oxygen atoms in total. The van der Waals surface area contributed by atoms with Crippen LogP contribution in [-0.2, 0) is 18.1 Å². The van der Waals surface area contributed by atoms with Gasteiger partial charge in [-0.25, -0.2) is 0 Å². The third-order valence-electron chi connectivity index (χ3n) is 5.95. The highest BCUT2D eigenvalue weighted by atomic mass is 32.1. The number of nitrogens with zero attached hydrogens (tertiary/aromatic N) is 2. The van der Waals surface area contributed by atoms with E-state index >= 15 is 0 Å². The molecule has 36 heavy (non-hydrogen) atoms. The van der Waals surface area contributed by atoms with E-state index in [1.54, 1.807) is 16.9 Å². The number of amides is 1. The van der Waals surface area contributed by atoms with Crippen LogP contribution in [0.2, 0.25) is 0 Å². The summed E-state index contributed by atoms with van der Waals surface area (Å²) in [6.45, 7) is 7.59. The number of hydrogen-bond acceptors (Lipinski definition) is 5. The molecule has 1 aliphatic rings. The predicted molar refractivity (Wildman–Crippen MR) is 131 cm³/mol. The fraction of sp³-hybridized carbons (Fsp3) is 0.462. The Morgan fingerprint density at radius 2 is 2.06 bits per heavy atom. The SMILES string of the molecule is CC(C)(C)c1cn(Cc2ccco2)c(=NC(=O)c2cc(C(F)(F)F)ccc2OC[C@H]2CCCCN2)s1. The second kappa shape index (κ2) is 10.6. The number of hydrogen-bond donors (Lipinski definition) is 1. The monoisotopic (exact) mass is 521 g/mol. The van der Waals surface area contributed by atoms with Crippen molar-refractivity contribution in [3.63, 3.8) is 0 Å². The van der Waals surface area contributed by atoms with E-state index in [2.05, 4.69) is 10.3 Å². The Morgan fingerprint density at radius 1 is 1.25 bits per heavy atom. The number of carbonyl (C=O) groups is 1. The standard InChI is InChI=1S/C26H30F3N3O3S/c1-25(2,3)22-15-32(14-19-8-6-12-34-19)24(36-22)31-23(33)20-13-17(26(27,28)29)9-10-21(20)35-16-18-7-4-5-11-30-18/h6,8-10,12-13,15,18,30H,4-5,7,11,14,16H2,1-3H3/t18-/m1/s1. The molecule has 1 amide bonds. The van der Waals surface area contributed by atoms with Crippen molar-refractivity contribution in [2.45, 2.75) is 64.2 Å². The van der Waals surface area contributed by atoms with E-state index in [-0.39, 0.29) is 29.4 Å². The van der Waals surface area contributed by atoms with Gasteiger partial charge in [0.15, 0.2) is 4.80 Å². The van der Waals surface area contributed by atoms with Crippen molar-refractivity contribution in [1.82, 2.24) is 9.88 Å². The van der Waals surface area contributed by atoms with Gasteiger partial charge in [-0.3, -0.25) is 4.79 Å². The summed E-state index contributed by atoms with van der Waals surface area (Å²) in [6.07, 6.45) is 1.90. The molecule has 0 spiro atoms. The molecule has 0 bridgehead atoms. The van der Waals surface area contributed by atoms with Gasteiger partial charge in [0.2, 0.25) is 0 Å². The summed E-state index contributed by atoms with van der Waals surface area (Å²) >= 11 is 1.32. The average Bonchev–Trinajstić information content (AvgIpc) is 3.48. The summed E-state index contributed by atoms with van der Waals surface area (Å²) in [5, 5.41) is 3.33. The number of aromatic nitrogens is 1. The third kappa shape index (κ3) is 6.47. The lowest BCUT2D eigenvalue weighted by molar-refractivity contribution is -0.137. The Hall–Kier alpha value is -2.85. The minimum Gasteiger partial charge on any atom is -0.491 e. The number of benzene rings is 1. The molecule has 1 N–H and O–H groups in total. The number of halogens is 3. The second-order valence-corrected chi connectivity index (χ2v) is 10.9. The topological polar surface area (TPSA) is 68.8 Å². The van der Waals surface area contributed by atoms with Crippen LogP contribution in [0.5, 0.6) is 5.75 Å². The summed E-state index contributed by atoms with van der Waals surface area (Å²) in [4.78, 5) is 18.9. The maximum absolute atomic E-state index is 13.5. The van der Waals surface area contributed by atoms with Crippen LogP contribution in [0.1, 0.15) is 66.6 Å². The highest BCUT2D eigenvalue weighted by Gasteiger charge is 2.32. The van der Waals surface area contributed by atoms with Gasteiger partial charge in [-0.1, -0.05) is 27.2 Å². The summed E-state index contributed by atoms with van der Waals surface area (Å²) in [5.41, 5.74) is -1.34. The lowest BCUT2D eigenvalue weighted by atomic mass is 9.95. The molecule has 0 unspecified atom stereocenters. The van der Waals surface area contributed by atoms with E-state index in [0.717, 1.165) is 42.8 Å². The number of piperidine rings is 1. The molecule has 1 saturated heterocycles. The zero-order chi connectivity index (χ0) is 25.9. The van der Waals surface area contributed by atoms with Crippen LogP contribution in [0, 0.1) is 0 Å². The maximum Gasteiger partial charge on any atom is 0.416 e. The summed E-state index contributed by atoms with van der Waals surface area (Å²) in [5.74, 6) is -0.0252. The molecule has 1 atom stereocenters. The van der Waals surface area contributed by atoms with E-state index in [1.807, 2.05) is 33.0 Å². The Morgan fingerprint density at radius 3 is 2.69 bits per heavy atom. The van der Waals surface area contributed by atoms with Gasteiger partial charge in [0.05, 0.1) is 23.9 Å². The van der Waals surface area contributed by atoms with Crippen molar-refractivity contribution in [3.8, 4) is 5.75 Å². The van der Waals surface area contributed by atoms with Crippen molar-refractivity contribution in [1.29, 1.82) is 0 Å². The van der Waals surface area contributed by atoms with Gasteiger partial charge in [0, 0.05) is 17.1 Å². The van der Waals surface area contributed by atoms with Crippen LogP contribution >= 0.6 is 11.3 Å². The van der Waals surface area contributed by atoms with E-state index in [9.17, 15) is 18.0 Å². The Balaban J connectivity index is 1.71. The Bertz CT molecular complexity index is 1250. The molecular formula is C26H30F3N3O3S. The zero-order valence-electron chi connectivity index (χ0n) is 20.5. The van der Waals surface area contributed by atoms with Gasteiger partial charge in [-0.15, -0.1) is 11.3 Å². The van der Waals surface area contributed by atoms with Gasteiger partial charge < -0.3 is 19.0 Å². The van der Waals surface area contributed by atoms with Gasteiger partial charge in [0.1, 0.15) is 18.1 Å². The summed E-state index contributed by atoms with van der Waals surface area (Å²) in [6, 6.07) is 6.63. The van der Waals surface area contributed by atoms with Crippen LogP contribution in [0.15, 0.2) is 52.2 Å². The number of nitrogens with one attached hydrogen (secondary N) is 1. The van der Waals surface area contributed by atoms with E-state index in [0.29, 0.717) is 17.1 Å². The molecule has 1 aliphatic heterocycles. The van der Waals surface area contributed by atoms with Crippen molar-refractivity contribution in [2.24, 2.45) is 4.99 Å². The van der Waals surface area contributed by atoms with Crippen molar-refractivity contribution in [2.75, 3.05) is 13.2 Å². The molecule has 194 valence electrons. The van der Waals surface area contributed by atoms with Gasteiger partial charge in [-0.2, -0.15) is 18.2 Å². The normalized spacial score (nSPS) is 17.4. The van der Waals surface area contributed by atoms with E-state index in [4.69, 9.17) is 9.15 Å². The molecule has 1 aromatic carbocycles. The number of ether oxygens (including phenoxy) is 1. The first-order valence-corrected chi connectivity index (χ1v) is 12.7. The average molecular weight is 522 g/mol. The summed E-state index contributed by atoms with van der Waals surface area (Å²) in [7, 11) is 0. The highest BCUT2D eigenvalue weighted by Crippen LogP contribution is 2.33. The first kappa shape index (κ1) is 26.2. The largest absolute Gasteiger partial charge is 0.491 e. The van der Waals surface area contributed by atoms with Crippen LogP contribution in [-0.4, -0.2) is 29.7 Å². The number of rotatable bonds is 6. The van der Waals surface area contributed by atoms with Crippen LogP contribution < -0.4 is 14.9 Å². The lowest BCUT2D eigenvalue weighted by Crippen LogP contribution is -2.38. The first-order valence-electron chi connectivity index (χ1n) is 11.9. The quantitative estimate of drug-likeness (QED) is 0.447. The number of thiazole rings is 1. The van der Waals surface area contributed by atoms with Crippen LogP contribution in [0.4, 0.5) is 13.2 Å². The van der Waals surface area contributed by atoms with Gasteiger partial charge in [0.25, 0.3) is 5.91 Å². The lowest BCUT2D eigenvalue weighted by Gasteiger charge is -2.24. The minimum absolute atomic E-state index is 0.0861. The third-order valence-corrected chi connectivity index (χ3v) is 7.40. The zero-order valence-corrected chi connectivity index (χ0v) is 21.3. The van der Waals surface area contributed by atoms with Gasteiger partial charge in [-0.05, 0) is 55.1 Å². The predicted octanol–water partition coefficient (Wildman–Crippen LogP) is 5.77. The Labute approximate surface area is 211 Å². The van der Waals surface area contributed by atoms with Crippen molar-refractivity contribution in [3.05, 3.63) is 69.4 Å². The molecule has 2 aromatic heterocycles. The molecule has 4 rings (SSSR count). The van der Waals surface area contributed by atoms with Crippen molar-refractivity contribution >= 4 is 17.2 Å². The van der Waals surface area contributed by atoms with Crippen molar-refractivity contribution < 1.29 is 27.1 Å². The number of carbonyl (C=O) groups excluding carboxylic acids is 1. The fourth-order valence-electron chi connectivity index (χ4n) is 3.90. The summed E-state index contributed by atoms with van der Waals surface area (Å²) < 4.78 is 53.5. The van der Waals surface area contributed by atoms with E-state index in [1.165, 1.54) is 17.4 Å². The second-order valence-electron chi connectivity index (χ2n) is 9.92. The maximum atomic E-state index is 13.5. The molecule has 1 fully saturated rings. The molecule has 10 heteroatoms. The first-order chi connectivity index (χ1) is 17.0. The van der Waals surface area contributed by atoms with Crippen LogP contribution in [0.3, 0.4) is 0 Å².